The number of nitrogens with zero attached hydrogens (tertiary/aromatic N) is 2. The van der Waals surface area contributed by atoms with Crippen LogP contribution in [-0.2, 0) is 6.54 Å². The van der Waals surface area contributed by atoms with E-state index < -0.39 is 5.82 Å². The molecular weight excluding hydrogens is 501 g/mol. The number of aromatic nitrogens is 2. The maximum absolute atomic E-state index is 14.5. The molecule has 4 rings (SSSR count). The van der Waals surface area contributed by atoms with Gasteiger partial charge in [-0.3, -0.25) is 4.68 Å². The average Bonchev–Trinajstić information content (AvgIpc) is 3.05. The second-order valence-electron chi connectivity index (χ2n) is 6.94. The van der Waals surface area contributed by atoms with Gasteiger partial charge in [0.15, 0.2) is 0 Å². The van der Waals surface area contributed by atoms with Gasteiger partial charge >= 0.3 is 0 Å². The lowest BCUT2D eigenvalue weighted by Gasteiger charge is -2.11. The molecule has 0 N–H and O–H groups in total. The highest BCUT2D eigenvalue weighted by Gasteiger charge is 2.20. The molecule has 31 heavy (non-hydrogen) atoms. The van der Waals surface area contributed by atoms with Gasteiger partial charge in [0.2, 0.25) is 0 Å². The minimum absolute atomic E-state index is 0.128. The second-order valence-corrected chi connectivity index (χ2v) is 8.97. The van der Waals surface area contributed by atoms with Gasteiger partial charge in [0.1, 0.15) is 5.82 Å². The second kappa shape index (κ2) is 9.01. The largest absolute Gasteiger partial charge is 0.259 e. The van der Waals surface area contributed by atoms with Gasteiger partial charge in [0, 0.05) is 27.3 Å². The van der Waals surface area contributed by atoms with Crippen molar-refractivity contribution in [1.82, 2.24) is 9.78 Å². The fourth-order valence-corrected chi connectivity index (χ4v) is 4.24. The van der Waals surface area contributed by atoms with Gasteiger partial charge in [-0.15, -0.1) is 0 Å². The van der Waals surface area contributed by atoms with E-state index in [9.17, 15) is 4.39 Å². The summed E-state index contributed by atoms with van der Waals surface area (Å²) in [5.41, 5.74) is 4.23. The van der Waals surface area contributed by atoms with E-state index in [4.69, 9.17) is 63.1 Å². The molecule has 3 aromatic carbocycles. The van der Waals surface area contributed by atoms with Crippen molar-refractivity contribution in [3.05, 3.63) is 96.7 Å². The van der Waals surface area contributed by atoms with Gasteiger partial charge in [-0.05, 0) is 43.3 Å². The Morgan fingerprint density at radius 2 is 1.39 bits per heavy atom. The summed E-state index contributed by atoms with van der Waals surface area (Å²) in [7, 11) is 0. The van der Waals surface area contributed by atoms with Crippen LogP contribution < -0.4 is 0 Å². The van der Waals surface area contributed by atoms with E-state index in [0.29, 0.717) is 36.4 Å². The van der Waals surface area contributed by atoms with E-state index in [2.05, 4.69) is 0 Å². The third-order valence-corrected chi connectivity index (χ3v) is 6.78. The molecule has 0 atom stereocenters. The van der Waals surface area contributed by atoms with Crippen LogP contribution in [0.3, 0.4) is 0 Å². The third-order valence-electron chi connectivity index (χ3n) is 4.94. The van der Waals surface area contributed by atoms with Gasteiger partial charge in [-0.1, -0.05) is 76.2 Å². The number of hydrogen-bond acceptors (Lipinski definition) is 1. The van der Waals surface area contributed by atoms with E-state index in [1.165, 1.54) is 6.07 Å². The summed E-state index contributed by atoms with van der Waals surface area (Å²) in [4.78, 5) is 0. The molecule has 0 aliphatic carbocycles. The molecule has 8 heteroatoms. The van der Waals surface area contributed by atoms with Crippen LogP contribution in [0.2, 0.25) is 25.1 Å². The zero-order valence-corrected chi connectivity index (χ0v) is 19.8. The number of halogens is 6. The predicted octanol–water partition coefficient (Wildman–Crippen LogP) is 8.98. The Kier molecular flexibility index (Phi) is 6.52. The average molecular weight is 515 g/mol. The van der Waals surface area contributed by atoms with E-state index in [1.54, 1.807) is 41.1 Å². The lowest BCUT2D eigenvalue weighted by molar-refractivity contribution is 0.587. The van der Waals surface area contributed by atoms with E-state index >= 15 is 0 Å². The van der Waals surface area contributed by atoms with Crippen LogP contribution >= 0.6 is 58.0 Å². The highest BCUT2D eigenvalue weighted by atomic mass is 35.5. The SMILES string of the molecule is Cc1c(-c2ccc(Cl)c(Cl)c2)nn(Cc2c(F)cccc2Cl)c1-c1ccc(Cl)c(Cl)c1. The third kappa shape index (κ3) is 4.44. The Balaban J connectivity index is 1.93. The van der Waals surface area contributed by atoms with Crippen LogP contribution in [0.4, 0.5) is 4.39 Å². The number of rotatable bonds is 4. The molecule has 0 aliphatic heterocycles. The molecule has 0 bridgehead atoms. The summed E-state index contributed by atoms with van der Waals surface area (Å²) in [5, 5.41) is 6.81. The van der Waals surface area contributed by atoms with Crippen LogP contribution in [0.15, 0.2) is 54.6 Å². The summed E-state index contributed by atoms with van der Waals surface area (Å²) in [6, 6.07) is 15.2. The van der Waals surface area contributed by atoms with Gasteiger partial charge in [-0.2, -0.15) is 5.10 Å². The van der Waals surface area contributed by atoms with Crippen LogP contribution in [-0.4, -0.2) is 9.78 Å². The molecule has 4 aromatic rings. The molecule has 2 nitrogen and oxygen atoms in total. The van der Waals surface area contributed by atoms with Gasteiger partial charge < -0.3 is 0 Å². The van der Waals surface area contributed by atoms with E-state index in [-0.39, 0.29) is 6.54 Å². The molecule has 0 aliphatic rings. The molecule has 158 valence electrons. The maximum Gasteiger partial charge on any atom is 0.129 e. The van der Waals surface area contributed by atoms with Crippen molar-refractivity contribution in [2.45, 2.75) is 13.5 Å². The Morgan fingerprint density at radius 1 is 0.774 bits per heavy atom. The minimum atomic E-state index is -0.406. The topological polar surface area (TPSA) is 17.8 Å². The van der Waals surface area contributed by atoms with Crippen molar-refractivity contribution in [1.29, 1.82) is 0 Å². The summed E-state index contributed by atoms with van der Waals surface area (Å²) in [6.07, 6.45) is 0. The maximum atomic E-state index is 14.5. The lowest BCUT2D eigenvalue weighted by atomic mass is 10.0. The molecule has 0 fully saturated rings. The summed E-state index contributed by atoms with van der Waals surface area (Å²) < 4.78 is 16.2. The van der Waals surface area contributed by atoms with Crippen molar-refractivity contribution in [3.63, 3.8) is 0 Å². The monoisotopic (exact) mass is 512 g/mol. The van der Waals surface area contributed by atoms with Crippen molar-refractivity contribution in [3.8, 4) is 22.5 Å². The van der Waals surface area contributed by atoms with E-state index in [0.717, 1.165) is 22.4 Å². The molecule has 0 saturated heterocycles. The van der Waals surface area contributed by atoms with Gasteiger partial charge in [0.05, 0.1) is 38.0 Å². The van der Waals surface area contributed by atoms with Crippen LogP contribution in [0.25, 0.3) is 22.5 Å². The van der Waals surface area contributed by atoms with Crippen LogP contribution in [0, 0.1) is 12.7 Å². The first kappa shape index (κ1) is 22.4. The molecule has 0 unspecified atom stereocenters. The summed E-state index contributed by atoms with van der Waals surface area (Å²) in [5.74, 6) is -0.406. The number of hydrogen-bond donors (Lipinski definition) is 0. The minimum Gasteiger partial charge on any atom is -0.259 e. The van der Waals surface area contributed by atoms with Crippen molar-refractivity contribution < 1.29 is 4.39 Å². The standard InChI is InChI=1S/C23H14Cl5FN2/c1-12-22(13-5-7-17(25)19(27)9-13)30-31(11-15-16(24)3-2-4-21(15)29)23(12)14-6-8-18(26)20(28)10-14/h2-10H,11H2,1H3. The molecule has 0 radical (unpaired) electrons. The Morgan fingerprint density at radius 3 is 2.00 bits per heavy atom. The van der Waals surface area contributed by atoms with Gasteiger partial charge in [-0.25, -0.2) is 4.39 Å². The first-order valence-electron chi connectivity index (χ1n) is 9.17. The zero-order valence-electron chi connectivity index (χ0n) is 16.1. The first-order chi connectivity index (χ1) is 14.8. The predicted molar refractivity (Wildman–Crippen MR) is 128 cm³/mol. The fourth-order valence-electron chi connectivity index (χ4n) is 3.43. The van der Waals surface area contributed by atoms with Crippen LogP contribution in [0.5, 0.6) is 0 Å². The first-order valence-corrected chi connectivity index (χ1v) is 11.1. The van der Waals surface area contributed by atoms with Crippen molar-refractivity contribution >= 4 is 58.0 Å². The van der Waals surface area contributed by atoms with Crippen LogP contribution in [0.1, 0.15) is 11.1 Å². The molecule has 0 amide bonds. The highest BCUT2D eigenvalue weighted by molar-refractivity contribution is 6.42. The zero-order chi connectivity index (χ0) is 22.3. The molecule has 1 aromatic heterocycles. The van der Waals surface area contributed by atoms with Gasteiger partial charge in [0.25, 0.3) is 0 Å². The Bertz CT molecular complexity index is 1280. The molecule has 0 spiro atoms. The van der Waals surface area contributed by atoms with Crippen molar-refractivity contribution in [2.75, 3.05) is 0 Å². The molecule has 0 saturated carbocycles. The number of benzene rings is 3. The quantitative estimate of drug-likeness (QED) is 0.266. The molecular formula is C23H14Cl5FN2. The summed E-state index contributed by atoms with van der Waals surface area (Å²) >= 11 is 30.9. The highest BCUT2D eigenvalue weighted by Crippen LogP contribution is 2.37. The van der Waals surface area contributed by atoms with E-state index in [1.807, 2.05) is 19.1 Å². The fraction of sp³-hybridized carbons (Fsp3) is 0.0870. The molecule has 1 heterocycles. The lowest BCUT2D eigenvalue weighted by Crippen LogP contribution is -2.07. The Hall–Kier alpha value is -1.75. The normalized spacial score (nSPS) is 11.2. The summed E-state index contributed by atoms with van der Waals surface area (Å²) in [6.45, 7) is 2.06. The smallest absolute Gasteiger partial charge is 0.129 e. The van der Waals surface area contributed by atoms with Crippen molar-refractivity contribution in [2.24, 2.45) is 0 Å². The Labute approximate surface area is 204 Å².